The third kappa shape index (κ3) is 3.35. The zero-order valence-corrected chi connectivity index (χ0v) is 15.7. The molecular formula is C24H22N4. The molecule has 0 unspecified atom stereocenters. The topological polar surface area (TPSA) is 32.3 Å². The Balaban J connectivity index is 1.45. The standard InChI is InChI=1S/C24H22N4/c1-2-5-19(6-3-1)15-27-14-10-22-21(17-27)18-28(16-20-8-12-25-13-9-20)24-23(22)7-4-11-26-24/h1-13,18H,14-17H2. The van der Waals surface area contributed by atoms with E-state index in [0.717, 1.165) is 32.0 Å². The van der Waals surface area contributed by atoms with E-state index in [0.29, 0.717) is 0 Å². The van der Waals surface area contributed by atoms with Crippen molar-refractivity contribution in [2.45, 2.75) is 13.1 Å². The van der Waals surface area contributed by atoms with Crippen molar-refractivity contribution in [3.8, 4) is 0 Å². The van der Waals surface area contributed by atoms with Gasteiger partial charge in [-0.25, -0.2) is 4.98 Å². The molecule has 0 spiro atoms. The van der Waals surface area contributed by atoms with Gasteiger partial charge >= 0.3 is 0 Å². The van der Waals surface area contributed by atoms with E-state index in [-0.39, 0.29) is 0 Å². The summed E-state index contributed by atoms with van der Waals surface area (Å²) in [7, 11) is 0. The Morgan fingerprint density at radius 1 is 0.821 bits per heavy atom. The summed E-state index contributed by atoms with van der Waals surface area (Å²) in [6, 6.07) is 19.0. The van der Waals surface area contributed by atoms with E-state index >= 15 is 0 Å². The van der Waals surface area contributed by atoms with Gasteiger partial charge in [-0.2, -0.15) is 0 Å². The van der Waals surface area contributed by atoms with E-state index in [1.165, 1.54) is 27.8 Å². The van der Waals surface area contributed by atoms with Crippen LogP contribution in [0, 0.1) is 0 Å². The molecule has 2 aromatic heterocycles. The maximum Gasteiger partial charge on any atom is 0.140 e. The van der Waals surface area contributed by atoms with Crippen molar-refractivity contribution in [2.24, 2.45) is 0 Å². The Morgan fingerprint density at radius 2 is 1.64 bits per heavy atom. The van der Waals surface area contributed by atoms with Gasteiger partial charge in [-0.1, -0.05) is 36.4 Å². The minimum atomic E-state index is 0.794. The molecule has 0 bridgehead atoms. The lowest BCUT2D eigenvalue weighted by molar-refractivity contribution is 0.317. The molecule has 4 heterocycles. The van der Waals surface area contributed by atoms with Crippen molar-refractivity contribution >= 4 is 11.4 Å². The van der Waals surface area contributed by atoms with Crippen molar-refractivity contribution in [1.29, 1.82) is 0 Å². The molecule has 0 aliphatic carbocycles. The van der Waals surface area contributed by atoms with Gasteiger partial charge in [0.2, 0.25) is 0 Å². The van der Waals surface area contributed by atoms with Gasteiger partial charge in [-0.3, -0.25) is 9.88 Å². The Hall–Kier alpha value is -3.24. The van der Waals surface area contributed by atoms with Crippen LogP contribution in [0.4, 0.5) is 5.82 Å². The smallest absolute Gasteiger partial charge is 0.140 e. The Bertz CT molecular complexity index is 1020. The van der Waals surface area contributed by atoms with Crippen molar-refractivity contribution < 1.29 is 0 Å². The van der Waals surface area contributed by atoms with Crippen LogP contribution in [0.1, 0.15) is 16.7 Å². The number of anilines is 1. The molecule has 4 nitrogen and oxygen atoms in total. The van der Waals surface area contributed by atoms with Crippen molar-refractivity contribution in [3.05, 3.63) is 108 Å². The number of pyridine rings is 2. The lowest BCUT2D eigenvalue weighted by Gasteiger charge is -2.35. The first kappa shape index (κ1) is 16.9. The minimum Gasteiger partial charge on any atom is -0.328 e. The summed E-state index contributed by atoms with van der Waals surface area (Å²) in [4.78, 5) is 13.6. The largest absolute Gasteiger partial charge is 0.328 e. The van der Waals surface area contributed by atoms with Gasteiger partial charge < -0.3 is 4.90 Å². The predicted octanol–water partition coefficient (Wildman–Crippen LogP) is 4.28. The SMILES string of the molecule is C1=C2CN(Cc3ccccc3)CC=C2c2cccnc2N1Cc1ccncc1. The Kier molecular flexibility index (Phi) is 4.47. The van der Waals surface area contributed by atoms with E-state index < -0.39 is 0 Å². The summed E-state index contributed by atoms with van der Waals surface area (Å²) in [6.07, 6.45) is 10.2. The molecule has 0 amide bonds. The highest BCUT2D eigenvalue weighted by molar-refractivity contribution is 5.89. The van der Waals surface area contributed by atoms with Gasteiger partial charge in [-0.15, -0.1) is 0 Å². The Labute approximate surface area is 165 Å². The number of hydrogen-bond donors (Lipinski definition) is 0. The quantitative estimate of drug-likeness (QED) is 0.690. The normalized spacial score (nSPS) is 16.1. The second kappa shape index (κ2) is 7.41. The molecule has 0 saturated carbocycles. The minimum absolute atomic E-state index is 0.794. The molecule has 2 aliphatic heterocycles. The number of nitrogens with zero attached hydrogens (tertiary/aromatic N) is 4. The lowest BCUT2D eigenvalue weighted by Crippen LogP contribution is -2.33. The van der Waals surface area contributed by atoms with Crippen molar-refractivity contribution in [3.63, 3.8) is 0 Å². The average Bonchev–Trinajstić information content (AvgIpc) is 2.75. The van der Waals surface area contributed by atoms with Crippen molar-refractivity contribution in [2.75, 3.05) is 18.0 Å². The number of benzene rings is 1. The van der Waals surface area contributed by atoms with E-state index in [4.69, 9.17) is 0 Å². The van der Waals surface area contributed by atoms with Crippen LogP contribution in [0.25, 0.3) is 5.57 Å². The van der Waals surface area contributed by atoms with Crippen LogP contribution in [0.3, 0.4) is 0 Å². The van der Waals surface area contributed by atoms with Gasteiger partial charge in [0.05, 0.1) is 0 Å². The number of rotatable bonds is 4. The maximum atomic E-state index is 4.69. The molecule has 0 atom stereocenters. The van der Waals surface area contributed by atoms with Crippen LogP contribution in [-0.2, 0) is 13.1 Å². The van der Waals surface area contributed by atoms with Gasteiger partial charge in [0, 0.05) is 56.5 Å². The molecule has 28 heavy (non-hydrogen) atoms. The van der Waals surface area contributed by atoms with Crippen LogP contribution >= 0.6 is 0 Å². The third-order valence-corrected chi connectivity index (χ3v) is 5.31. The van der Waals surface area contributed by atoms with Gasteiger partial charge in [0.25, 0.3) is 0 Å². The Morgan fingerprint density at radius 3 is 2.50 bits per heavy atom. The van der Waals surface area contributed by atoms with E-state index in [2.05, 4.69) is 80.6 Å². The molecular weight excluding hydrogens is 344 g/mol. The maximum absolute atomic E-state index is 4.69. The summed E-state index contributed by atoms with van der Waals surface area (Å²) < 4.78 is 0. The molecule has 2 aliphatic rings. The number of hydrogen-bond acceptors (Lipinski definition) is 4. The molecule has 0 N–H and O–H groups in total. The predicted molar refractivity (Wildman–Crippen MR) is 112 cm³/mol. The highest BCUT2D eigenvalue weighted by atomic mass is 15.2. The molecule has 0 radical (unpaired) electrons. The second-order valence-corrected chi connectivity index (χ2v) is 7.29. The summed E-state index contributed by atoms with van der Waals surface area (Å²) in [5.41, 5.74) is 6.50. The monoisotopic (exact) mass is 366 g/mol. The van der Waals surface area contributed by atoms with Crippen LogP contribution in [0.2, 0.25) is 0 Å². The molecule has 138 valence electrons. The summed E-state index contributed by atoms with van der Waals surface area (Å²) in [5.74, 6) is 1.03. The first-order chi connectivity index (χ1) is 13.9. The summed E-state index contributed by atoms with van der Waals surface area (Å²) in [5, 5.41) is 0. The van der Waals surface area contributed by atoms with Crippen LogP contribution in [-0.4, -0.2) is 28.0 Å². The van der Waals surface area contributed by atoms with E-state index in [1.807, 2.05) is 24.7 Å². The fraction of sp³-hybridized carbons (Fsp3) is 0.167. The van der Waals surface area contributed by atoms with Crippen LogP contribution < -0.4 is 4.90 Å². The molecule has 4 heteroatoms. The summed E-state index contributed by atoms with van der Waals surface area (Å²) >= 11 is 0. The van der Waals surface area contributed by atoms with Gasteiger partial charge in [-0.05, 0) is 46.5 Å². The van der Waals surface area contributed by atoms with Crippen LogP contribution in [0.5, 0.6) is 0 Å². The first-order valence-electron chi connectivity index (χ1n) is 9.65. The highest BCUT2D eigenvalue weighted by Gasteiger charge is 2.27. The zero-order valence-electron chi connectivity index (χ0n) is 15.7. The molecule has 3 aromatic rings. The lowest BCUT2D eigenvalue weighted by atomic mass is 9.92. The first-order valence-corrected chi connectivity index (χ1v) is 9.65. The average molecular weight is 366 g/mol. The van der Waals surface area contributed by atoms with Crippen molar-refractivity contribution in [1.82, 2.24) is 14.9 Å². The molecule has 0 saturated heterocycles. The molecule has 1 aromatic carbocycles. The zero-order chi connectivity index (χ0) is 18.8. The second-order valence-electron chi connectivity index (χ2n) is 7.29. The third-order valence-electron chi connectivity index (χ3n) is 5.31. The van der Waals surface area contributed by atoms with Gasteiger partial charge in [0.15, 0.2) is 0 Å². The van der Waals surface area contributed by atoms with E-state index in [1.54, 1.807) is 0 Å². The fourth-order valence-corrected chi connectivity index (χ4v) is 3.99. The molecule has 0 fully saturated rings. The highest BCUT2D eigenvalue weighted by Crippen LogP contribution is 2.38. The number of fused-ring (bicyclic) bond motifs is 3. The van der Waals surface area contributed by atoms with E-state index in [9.17, 15) is 0 Å². The fourth-order valence-electron chi connectivity index (χ4n) is 3.99. The molecule has 5 rings (SSSR count). The summed E-state index contributed by atoms with van der Waals surface area (Å²) in [6.45, 7) is 3.66. The van der Waals surface area contributed by atoms with Crippen LogP contribution in [0.15, 0.2) is 91.0 Å². The number of aromatic nitrogens is 2. The van der Waals surface area contributed by atoms with Gasteiger partial charge in [0.1, 0.15) is 5.82 Å².